The number of phenols is 1. The molecule has 1 aromatic rings. The van der Waals surface area contributed by atoms with Crippen LogP contribution in [0, 0.1) is 5.92 Å². The van der Waals surface area contributed by atoms with Gasteiger partial charge in [-0.3, -0.25) is 19.2 Å². The van der Waals surface area contributed by atoms with E-state index >= 15 is 0 Å². The third-order valence-electron chi connectivity index (χ3n) is 5.60. The first kappa shape index (κ1) is 30.7. The Labute approximate surface area is 214 Å². The van der Waals surface area contributed by atoms with Crippen molar-refractivity contribution in [3.05, 3.63) is 29.8 Å². The number of hydrogen-bond donors (Lipinski definition) is 8. The van der Waals surface area contributed by atoms with Crippen molar-refractivity contribution in [3.8, 4) is 5.75 Å². The number of benzene rings is 1. The Morgan fingerprint density at radius 1 is 0.944 bits per heavy atom. The van der Waals surface area contributed by atoms with Gasteiger partial charge in [-0.1, -0.05) is 32.4 Å². The van der Waals surface area contributed by atoms with Crippen molar-refractivity contribution in [2.75, 3.05) is 5.75 Å². The minimum absolute atomic E-state index is 0.0107. The van der Waals surface area contributed by atoms with Crippen LogP contribution in [-0.4, -0.2) is 74.9 Å². The summed E-state index contributed by atoms with van der Waals surface area (Å²) in [7, 11) is 0. The molecule has 0 saturated heterocycles. The van der Waals surface area contributed by atoms with Crippen molar-refractivity contribution in [1.82, 2.24) is 16.0 Å². The highest BCUT2D eigenvalue weighted by atomic mass is 32.1. The fourth-order valence-electron chi connectivity index (χ4n) is 3.18. The molecule has 0 spiro atoms. The molecule has 0 aliphatic rings. The lowest BCUT2D eigenvalue weighted by Gasteiger charge is -2.28. The molecule has 13 heteroatoms. The number of nitrogens with one attached hydrogen (secondary N) is 3. The number of nitrogens with two attached hydrogens (primary N) is 1. The molecule has 0 radical (unpaired) electrons. The number of aliphatic carboxylic acids is 2. The van der Waals surface area contributed by atoms with Gasteiger partial charge in [0.15, 0.2) is 0 Å². The third-order valence-corrected chi connectivity index (χ3v) is 5.99. The van der Waals surface area contributed by atoms with Gasteiger partial charge >= 0.3 is 11.9 Å². The minimum Gasteiger partial charge on any atom is -0.508 e. The maximum atomic E-state index is 13.2. The Morgan fingerprint density at radius 2 is 1.53 bits per heavy atom. The van der Waals surface area contributed by atoms with Gasteiger partial charge in [0.25, 0.3) is 0 Å². The summed E-state index contributed by atoms with van der Waals surface area (Å²) in [5.41, 5.74) is 6.25. The predicted octanol–water partition coefficient (Wildman–Crippen LogP) is -0.358. The second-order valence-electron chi connectivity index (χ2n) is 8.42. The first-order valence-corrected chi connectivity index (χ1v) is 12.0. The molecule has 1 rings (SSSR count). The highest BCUT2D eigenvalue weighted by Gasteiger charge is 2.32. The lowest BCUT2D eigenvalue weighted by Crippen LogP contribution is -2.59. The SMILES string of the molecule is CCC(C)C(NC(=O)C(N)CS)C(=O)NC(Cc1ccc(O)cc1)C(=O)NC(CCC(=O)O)C(=O)O. The quantitative estimate of drug-likeness (QED) is 0.140. The molecule has 12 nitrogen and oxygen atoms in total. The van der Waals surface area contributed by atoms with Gasteiger partial charge in [0.2, 0.25) is 17.7 Å². The van der Waals surface area contributed by atoms with Crippen LogP contribution in [0.4, 0.5) is 0 Å². The number of aromatic hydroxyl groups is 1. The molecule has 36 heavy (non-hydrogen) atoms. The van der Waals surface area contributed by atoms with Crippen molar-refractivity contribution in [2.45, 2.75) is 63.7 Å². The number of carbonyl (C=O) groups is 5. The third kappa shape index (κ3) is 10.1. The molecule has 0 aliphatic carbocycles. The molecule has 0 aliphatic heterocycles. The molecule has 0 saturated carbocycles. The van der Waals surface area contributed by atoms with E-state index in [-0.39, 0.29) is 30.3 Å². The first-order valence-electron chi connectivity index (χ1n) is 11.4. The zero-order valence-electron chi connectivity index (χ0n) is 20.1. The van der Waals surface area contributed by atoms with Gasteiger partial charge in [-0.15, -0.1) is 0 Å². The second-order valence-corrected chi connectivity index (χ2v) is 8.79. The summed E-state index contributed by atoms with van der Waals surface area (Å²) in [5.74, 6) is -5.06. The fraction of sp³-hybridized carbons (Fsp3) is 0.522. The van der Waals surface area contributed by atoms with Gasteiger partial charge in [-0.05, 0) is 30.0 Å². The van der Waals surface area contributed by atoms with E-state index in [1.807, 2.05) is 6.92 Å². The molecule has 5 atom stereocenters. The van der Waals surface area contributed by atoms with E-state index in [9.17, 15) is 34.2 Å². The van der Waals surface area contributed by atoms with Gasteiger partial charge in [0.05, 0.1) is 6.04 Å². The Morgan fingerprint density at radius 3 is 2.03 bits per heavy atom. The summed E-state index contributed by atoms with van der Waals surface area (Å²) in [6, 6.07) is 1.09. The molecule has 200 valence electrons. The summed E-state index contributed by atoms with van der Waals surface area (Å²) in [5, 5.41) is 35.2. The normalized spacial score (nSPS) is 15.0. The predicted molar refractivity (Wildman–Crippen MR) is 133 cm³/mol. The zero-order chi connectivity index (χ0) is 27.4. The maximum absolute atomic E-state index is 13.2. The van der Waals surface area contributed by atoms with Crippen molar-refractivity contribution in [2.24, 2.45) is 11.7 Å². The van der Waals surface area contributed by atoms with Crippen molar-refractivity contribution < 1.29 is 39.3 Å². The summed E-state index contributed by atoms with van der Waals surface area (Å²) in [4.78, 5) is 61.0. The average Bonchev–Trinajstić information content (AvgIpc) is 2.84. The zero-order valence-corrected chi connectivity index (χ0v) is 21.0. The highest BCUT2D eigenvalue weighted by Crippen LogP contribution is 2.13. The smallest absolute Gasteiger partial charge is 0.326 e. The van der Waals surface area contributed by atoms with Crippen LogP contribution in [0.25, 0.3) is 0 Å². The van der Waals surface area contributed by atoms with E-state index in [2.05, 4.69) is 28.6 Å². The van der Waals surface area contributed by atoms with Gasteiger partial charge < -0.3 is 37.0 Å². The molecule has 0 heterocycles. The summed E-state index contributed by atoms with van der Waals surface area (Å²) >= 11 is 3.99. The van der Waals surface area contributed by atoms with Crippen LogP contribution < -0.4 is 21.7 Å². The van der Waals surface area contributed by atoms with Crippen molar-refractivity contribution in [3.63, 3.8) is 0 Å². The van der Waals surface area contributed by atoms with Gasteiger partial charge in [0, 0.05) is 18.6 Å². The largest absolute Gasteiger partial charge is 0.508 e. The maximum Gasteiger partial charge on any atom is 0.326 e. The Hall–Kier alpha value is -3.32. The standard InChI is InChI=1S/C23H34N4O8S/c1-3-12(2)19(27-20(31)15(24)11-36)22(33)26-17(10-13-4-6-14(28)7-5-13)21(32)25-16(23(34)35)8-9-18(29)30/h4-7,12,15-17,19,28,36H,3,8-11,24H2,1-2H3,(H,25,32)(H,26,33)(H,27,31)(H,29,30)(H,34,35). The highest BCUT2D eigenvalue weighted by molar-refractivity contribution is 7.80. The van der Waals surface area contributed by atoms with E-state index in [1.54, 1.807) is 6.92 Å². The Bertz CT molecular complexity index is 927. The van der Waals surface area contributed by atoms with Crippen LogP contribution in [0.5, 0.6) is 5.75 Å². The molecule has 1 aromatic carbocycles. The fourth-order valence-corrected chi connectivity index (χ4v) is 3.35. The molecule has 0 bridgehead atoms. The van der Waals surface area contributed by atoms with Crippen molar-refractivity contribution >= 4 is 42.3 Å². The molecular formula is C23H34N4O8S. The van der Waals surface area contributed by atoms with Gasteiger partial charge in [-0.2, -0.15) is 12.6 Å². The Kier molecular flexibility index (Phi) is 12.7. The molecule has 3 amide bonds. The number of carbonyl (C=O) groups excluding carboxylic acids is 3. The monoisotopic (exact) mass is 526 g/mol. The van der Waals surface area contributed by atoms with Crippen molar-refractivity contribution in [1.29, 1.82) is 0 Å². The van der Waals surface area contributed by atoms with Crippen LogP contribution in [0.1, 0.15) is 38.7 Å². The molecule has 5 unspecified atom stereocenters. The minimum atomic E-state index is -1.49. The lowest BCUT2D eigenvalue weighted by molar-refractivity contribution is -0.143. The van der Waals surface area contributed by atoms with Crippen LogP contribution in [0.3, 0.4) is 0 Å². The molecule has 0 aromatic heterocycles. The molecular weight excluding hydrogens is 492 g/mol. The topological polar surface area (TPSA) is 208 Å². The van der Waals surface area contributed by atoms with Crippen LogP contribution in [-0.2, 0) is 30.4 Å². The first-order chi connectivity index (χ1) is 16.9. The van der Waals surface area contributed by atoms with E-state index < -0.39 is 60.2 Å². The van der Waals surface area contributed by atoms with Gasteiger partial charge in [-0.25, -0.2) is 4.79 Å². The number of phenolic OH excluding ortho intramolecular Hbond substituents is 1. The summed E-state index contributed by atoms with van der Waals surface area (Å²) in [6.07, 6.45) is -0.400. The average molecular weight is 527 g/mol. The number of carboxylic acids is 2. The van der Waals surface area contributed by atoms with E-state index in [0.29, 0.717) is 12.0 Å². The number of amides is 3. The van der Waals surface area contributed by atoms with E-state index in [1.165, 1.54) is 24.3 Å². The second kappa shape index (κ2) is 14.9. The Balaban J connectivity index is 3.18. The van der Waals surface area contributed by atoms with Crippen LogP contribution in [0.2, 0.25) is 0 Å². The number of thiol groups is 1. The van der Waals surface area contributed by atoms with Gasteiger partial charge in [0.1, 0.15) is 23.9 Å². The number of hydrogen-bond acceptors (Lipinski definition) is 8. The van der Waals surface area contributed by atoms with Crippen LogP contribution >= 0.6 is 12.6 Å². The number of rotatable bonds is 15. The molecule has 8 N–H and O–H groups in total. The number of carboxylic acid groups (broad SMARTS) is 2. The summed E-state index contributed by atoms with van der Waals surface area (Å²) in [6.45, 7) is 3.55. The lowest BCUT2D eigenvalue weighted by atomic mass is 9.96. The summed E-state index contributed by atoms with van der Waals surface area (Å²) < 4.78 is 0. The van der Waals surface area contributed by atoms with E-state index in [0.717, 1.165) is 0 Å². The molecule has 0 fully saturated rings. The van der Waals surface area contributed by atoms with E-state index in [4.69, 9.17) is 10.8 Å². The van der Waals surface area contributed by atoms with Crippen LogP contribution in [0.15, 0.2) is 24.3 Å².